The third-order valence-electron chi connectivity index (χ3n) is 3.19. The van der Waals surface area contributed by atoms with Gasteiger partial charge in [0.1, 0.15) is 0 Å². The molecule has 2 fully saturated rings. The monoisotopic (exact) mass is 204 g/mol. The number of nitrogens with one attached hydrogen (secondary N) is 1. The van der Waals surface area contributed by atoms with E-state index in [0.29, 0.717) is 5.91 Å². The van der Waals surface area contributed by atoms with Crippen LogP contribution in [0.2, 0.25) is 0 Å². The zero-order chi connectivity index (χ0) is 8.60. The van der Waals surface area contributed by atoms with Crippen molar-refractivity contribution in [3.05, 3.63) is 0 Å². The molecule has 2 rings (SSSR count). The molecule has 0 bridgehead atoms. The maximum atomic E-state index is 11.8. The smallest absolute Gasteiger partial charge is 0.229 e. The van der Waals surface area contributed by atoms with Crippen molar-refractivity contribution in [3.63, 3.8) is 0 Å². The average molecular weight is 205 g/mol. The molecular formula is C9H17ClN2O. The Labute approximate surface area is 85.3 Å². The fraction of sp³-hybridized carbons (Fsp3) is 0.889. The Morgan fingerprint density at radius 3 is 2.85 bits per heavy atom. The molecule has 1 spiro atoms. The summed E-state index contributed by atoms with van der Waals surface area (Å²) in [7, 11) is 1.92. The van der Waals surface area contributed by atoms with Crippen molar-refractivity contribution in [2.45, 2.75) is 19.3 Å². The van der Waals surface area contributed by atoms with Gasteiger partial charge < -0.3 is 10.2 Å². The predicted octanol–water partition coefficient (Wildman–Crippen LogP) is 0.640. The first-order valence-corrected chi connectivity index (χ1v) is 4.71. The van der Waals surface area contributed by atoms with Gasteiger partial charge in [-0.15, -0.1) is 12.4 Å². The summed E-state index contributed by atoms with van der Waals surface area (Å²) in [5.41, 5.74) is -0.0208. The molecular weight excluding hydrogens is 188 g/mol. The fourth-order valence-electron chi connectivity index (χ4n) is 2.41. The first kappa shape index (κ1) is 10.8. The van der Waals surface area contributed by atoms with Gasteiger partial charge in [0.25, 0.3) is 0 Å². The summed E-state index contributed by atoms with van der Waals surface area (Å²) in [6.45, 7) is 2.86. The van der Waals surface area contributed by atoms with Crippen molar-refractivity contribution in [3.8, 4) is 0 Å². The van der Waals surface area contributed by atoms with Crippen LogP contribution in [0.3, 0.4) is 0 Å². The van der Waals surface area contributed by atoms with E-state index >= 15 is 0 Å². The second-order valence-electron chi connectivity index (χ2n) is 4.04. The van der Waals surface area contributed by atoms with Gasteiger partial charge in [-0.05, 0) is 25.8 Å². The van der Waals surface area contributed by atoms with Gasteiger partial charge in [-0.1, -0.05) is 0 Å². The molecule has 1 atom stereocenters. The molecule has 1 unspecified atom stereocenters. The van der Waals surface area contributed by atoms with E-state index in [9.17, 15) is 4.79 Å². The highest BCUT2D eigenvalue weighted by Crippen LogP contribution is 2.35. The molecule has 0 aliphatic carbocycles. The lowest BCUT2D eigenvalue weighted by atomic mass is 9.78. The highest BCUT2D eigenvalue weighted by atomic mass is 35.5. The SMILES string of the molecule is CN1CCCC2(CCNC2)C1=O.Cl. The van der Waals surface area contributed by atoms with Gasteiger partial charge in [0, 0.05) is 20.1 Å². The van der Waals surface area contributed by atoms with E-state index < -0.39 is 0 Å². The lowest BCUT2D eigenvalue weighted by Gasteiger charge is -2.36. The van der Waals surface area contributed by atoms with Crippen LogP contribution in [0.15, 0.2) is 0 Å². The molecule has 13 heavy (non-hydrogen) atoms. The van der Waals surface area contributed by atoms with E-state index in [1.807, 2.05) is 11.9 Å². The molecule has 0 radical (unpaired) electrons. The van der Waals surface area contributed by atoms with Gasteiger partial charge in [-0.3, -0.25) is 4.79 Å². The molecule has 0 aromatic carbocycles. The molecule has 1 N–H and O–H groups in total. The van der Waals surface area contributed by atoms with E-state index in [2.05, 4.69) is 5.32 Å². The van der Waals surface area contributed by atoms with E-state index in [1.165, 1.54) is 6.42 Å². The maximum absolute atomic E-state index is 11.8. The number of piperidine rings is 1. The Balaban J connectivity index is 0.000000845. The topological polar surface area (TPSA) is 32.3 Å². The molecule has 76 valence electrons. The van der Waals surface area contributed by atoms with Gasteiger partial charge in [0.15, 0.2) is 0 Å². The van der Waals surface area contributed by atoms with Gasteiger partial charge in [-0.2, -0.15) is 0 Å². The Morgan fingerprint density at radius 2 is 2.23 bits per heavy atom. The van der Waals surface area contributed by atoms with Crippen molar-refractivity contribution in [2.24, 2.45) is 5.41 Å². The highest BCUT2D eigenvalue weighted by molar-refractivity contribution is 5.85. The van der Waals surface area contributed by atoms with E-state index in [0.717, 1.165) is 32.5 Å². The molecule has 3 nitrogen and oxygen atoms in total. The Kier molecular flexibility index (Phi) is 3.19. The highest BCUT2D eigenvalue weighted by Gasteiger charge is 2.44. The van der Waals surface area contributed by atoms with Crippen LogP contribution in [-0.4, -0.2) is 37.5 Å². The number of carbonyl (C=O) groups excluding carboxylic acids is 1. The zero-order valence-corrected chi connectivity index (χ0v) is 8.82. The third-order valence-corrected chi connectivity index (χ3v) is 3.19. The quantitative estimate of drug-likeness (QED) is 0.628. The number of rotatable bonds is 0. The summed E-state index contributed by atoms with van der Waals surface area (Å²) >= 11 is 0. The van der Waals surface area contributed by atoms with Crippen LogP contribution in [0.5, 0.6) is 0 Å². The minimum Gasteiger partial charge on any atom is -0.345 e. The number of halogens is 1. The summed E-state index contributed by atoms with van der Waals surface area (Å²) in [6.07, 6.45) is 3.29. The van der Waals surface area contributed by atoms with E-state index in [4.69, 9.17) is 0 Å². The summed E-state index contributed by atoms with van der Waals surface area (Å²) in [6, 6.07) is 0. The predicted molar refractivity (Wildman–Crippen MR) is 54.0 cm³/mol. The standard InChI is InChI=1S/C9H16N2O.ClH/c1-11-6-2-3-9(8(11)12)4-5-10-7-9;/h10H,2-7H2,1H3;1H. The molecule has 0 saturated carbocycles. The van der Waals surface area contributed by atoms with Crippen LogP contribution < -0.4 is 5.32 Å². The summed E-state index contributed by atoms with van der Waals surface area (Å²) in [5, 5.41) is 3.29. The number of hydrogen-bond donors (Lipinski definition) is 1. The Hall–Kier alpha value is -0.280. The number of hydrogen-bond acceptors (Lipinski definition) is 2. The van der Waals surface area contributed by atoms with E-state index in [1.54, 1.807) is 0 Å². The molecule has 1 amide bonds. The molecule has 2 aliphatic heterocycles. The zero-order valence-electron chi connectivity index (χ0n) is 8.01. The van der Waals surface area contributed by atoms with Gasteiger partial charge in [0.05, 0.1) is 5.41 Å². The number of nitrogens with zero attached hydrogens (tertiary/aromatic N) is 1. The Bertz CT molecular complexity index is 202. The summed E-state index contributed by atoms with van der Waals surface area (Å²) in [5.74, 6) is 0.360. The van der Waals surface area contributed by atoms with Crippen molar-refractivity contribution in [1.82, 2.24) is 10.2 Å². The molecule has 2 aliphatic rings. The number of amides is 1. The van der Waals surface area contributed by atoms with Crippen LogP contribution in [0.4, 0.5) is 0 Å². The molecule has 4 heteroatoms. The van der Waals surface area contributed by atoms with E-state index in [-0.39, 0.29) is 17.8 Å². The largest absolute Gasteiger partial charge is 0.345 e. The summed E-state index contributed by atoms with van der Waals surface area (Å²) < 4.78 is 0. The molecule has 0 aromatic rings. The molecule has 2 heterocycles. The first-order valence-electron chi connectivity index (χ1n) is 4.71. The molecule has 0 aromatic heterocycles. The molecule has 2 saturated heterocycles. The minimum atomic E-state index is -0.0208. The third kappa shape index (κ3) is 1.67. The fourth-order valence-corrected chi connectivity index (χ4v) is 2.41. The average Bonchev–Trinajstić information content (AvgIpc) is 2.50. The number of carbonyl (C=O) groups is 1. The lowest BCUT2D eigenvalue weighted by Crippen LogP contribution is -2.47. The van der Waals surface area contributed by atoms with Crippen LogP contribution >= 0.6 is 12.4 Å². The number of likely N-dealkylation sites (tertiary alicyclic amines) is 1. The van der Waals surface area contributed by atoms with Crippen molar-refractivity contribution >= 4 is 18.3 Å². The van der Waals surface area contributed by atoms with Gasteiger partial charge >= 0.3 is 0 Å². The van der Waals surface area contributed by atoms with Crippen LogP contribution in [0.25, 0.3) is 0 Å². The Morgan fingerprint density at radius 1 is 1.46 bits per heavy atom. The van der Waals surface area contributed by atoms with Crippen molar-refractivity contribution < 1.29 is 4.79 Å². The van der Waals surface area contributed by atoms with Crippen LogP contribution in [0, 0.1) is 5.41 Å². The van der Waals surface area contributed by atoms with Crippen molar-refractivity contribution in [1.29, 1.82) is 0 Å². The second-order valence-corrected chi connectivity index (χ2v) is 4.04. The van der Waals surface area contributed by atoms with Gasteiger partial charge in [-0.25, -0.2) is 0 Å². The maximum Gasteiger partial charge on any atom is 0.229 e. The van der Waals surface area contributed by atoms with Crippen LogP contribution in [0.1, 0.15) is 19.3 Å². The minimum absolute atomic E-state index is 0. The van der Waals surface area contributed by atoms with Crippen LogP contribution in [-0.2, 0) is 4.79 Å². The summed E-state index contributed by atoms with van der Waals surface area (Å²) in [4.78, 5) is 13.7. The van der Waals surface area contributed by atoms with Crippen molar-refractivity contribution in [2.75, 3.05) is 26.7 Å². The first-order chi connectivity index (χ1) is 5.75. The van der Waals surface area contributed by atoms with Gasteiger partial charge in [0.2, 0.25) is 5.91 Å². The normalized spacial score (nSPS) is 33.6. The second kappa shape index (κ2) is 3.84. The lowest BCUT2D eigenvalue weighted by molar-refractivity contribution is -0.143.